The molecule has 0 spiro atoms. The Morgan fingerprint density at radius 3 is 2.71 bits per heavy atom. The molecule has 0 atom stereocenters. The van der Waals surface area contributed by atoms with Gasteiger partial charge in [-0.3, -0.25) is 4.99 Å². The molecule has 1 heterocycles. The Bertz CT molecular complexity index is 135. The van der Waals surface area contributed by atoms with Crippen molar-refractivity contribution in [1.82, 2.24) is 0 Å². The zero-order valence-corrected chi connectivity index (χ0v) is 5.70. The highest BCUT2D eigenvalue weighted by Crippen LogP contribution is 2.19. The highest BCUT2D eigenvalue weighted by molar-refractivity contribution is 9.11. The molecule has 1 nitrogen and oxygen atoms in total. The summed E-state index contributed by atoms with van der Waals surface area (Å²) in [6.07, 6.45) is 2.92. The van der Waals surface area contributed by atoms with Gasteiger partial charge in [-0.25, -0.2) is 0 Å². The van der Waals surface area contributed by atoms with Crippen LogP contribution in [0, 0.1) is 0 Å². The zero-order valence-electron chi connectivity index (χ0n) is 4.11. The Labute approximate surface area is 51.3 Å². The summed E-state index contributed by atoms with van der Waals surface area (Å²) in [7, 11) is 0. The van der Waals surface area contributed by atoms with Crippen LogP contribution in [0.4, 0.5) is 0 Å². The van der Waals surface area contributed by atoms with Crippen molar-refractivity contribution in [3.63, 3.8) is 0 Å². The quantitative estimate of drug-likeness (QED) is 0.481. The van der Waals surface area contributed by atoms with Gasteiger partial charge in [0.25, 0.3) is 0 Å². The van der Waals surface area contributed by atoms with Gasteiger partial charge in [-0.2, -0.15) is 0 Å². The van der Waals surface area contributed by atoms with Crippen LogP contribution in [-0.2, 0) is 0 Å². The van der Waals surface area contributed by atoms with Gasteiger partial charge < -0.3 is 0 Å². The molecule has 0 fully saturated rings. The van der Waals surface area contributed by atoms with Crippen LogP contribution in [0.2, 0.25) is 0 Å². The van der Waals surface area contributed by atoms with Crippen molar-refractivity contribution >= 4 is 22.1 Å². The first kappa shape index (κ1) is 5.04. The van der Waals surface area contributed by atoms with Gasteiger partial charge in [0, 0.05) is 12.6 Å². The Kier molecular flexibility index (Phi) is 1.28. The first-order chi connectivity index (χ1) is 3.30. The standard InChI is InChI=1S/C5H6BrN/c1-4-2-3-7-5(4)6/h3H,2H2,1H3. The van der Waals surface area contributed by atoms with E-state index in [4.69, 9.17) is 0 Å². The molecule has 1 aliphatic rings. The molecule has 0 radical (unpaired) electrons. The van der Waals surface area contributed by atoms with Crippen molar-refractivity contribution < 1.29 is 0 Å². The average Bonchev–Trinajstić information content (AvgIpc) is 1.91. The molecule has 0 aliphatic carbocycles. The molecule has 2 heteroatoms. The molecule has 0 amide bonds. The largest absolute Gasteiger partial charge is 0.253 e. The van der Waals surface area contributed by atoms with Crippen LogP contribution >= 0.6 is 15.9 Å². The predicted molar refractivity (Wildman–Crippen MR) is 34.7 cm³/mol. The molecule has 0 saturated carbocycles. The number of allylic oxidation sites excluding steroid dienone is 1. The molecule has 0 aromatic rings. The minimum Gasteiger partial charge on any atom is -0.253 e. The van der Waals surface area contributed by atoms with E-state index >= 15 is 0 Å². The molecule has 38 valence electrons. The minimum absolute atomic E-state index is 1.01. The van der Waals surface area contributed by atoms with Crippen LogP contribution in [0.1, 0.15) is 13.3 Å². The van der Waals surface area contributed by atoms with E-state index in [1.54, 1.807) is 0 Å². The molecule has 0 saturated heterocycles. The van der Waals surface area contributed by atoms with E-state index in [2.05, 4.69) is 27.8 Å². The molecular formula is C5H6BrN. The van der Waals surface area contributed by atoms with Gasteiger partial charge in [0.15, 0.2) is 0 Å². The summed E-state index contributed by atoms with van der Waals surface area (Å²) >= 11 is 3.29. The third kappa shape index (κ3) is 0.911. The van der Waals surface area contributed by atoms with Crippen LogP contribution in [0.25, 0.3) is 0 Å². The lowest BCUT2D eigenvalue weighted by molar-refractivity contribution is 1.31. The molecule has 7 heavy (non-hydrogen) atoms. The molecule has 1 aliphatic heterocycles. The first-order valence-corrected chi connectivity index (χ1v) is 2.98. The zero-order chi connectivity index (χ0) is 5.28. The minimum atomic E-state index is 1.01. The molecule has 0 aromatic carbocycles. The summed E-state index contributed by atoms with van der Waals surface area (Å²) in [6.45, 7) is 2.07. The fourth-order valence-electron chi connectivity index (χ4n) is 0.457. The van der Waals surface area contributed by atoms with E-state index < -0.39 is 0 Å². The van der Waals surface area contributed by atoms with Gasteiger partial charge in [0.1, 0.15) is 4.61 Å². The van der Waals surface area contributed by atoms with Gasteiger partial charge in [0.05, 0.1) is 0 Å². The van der Waals surface area contributed by atoms with Gasteiger partial charge in [-0.05, 0) is 28.4 Å². The summed E-state index contributed by atoms with van der Waals surface area (Å²) in [6, 6.07) is 0. The van der Waals surface area contributed by atoms with Crippen LogP contribution < -0.4 is 0 Å². The summed E-state index contributed by atoms with van der Waals surface area (Å²) in [5.74, 6) is 0. The normalized spacial score (nSPS) is 19.1. The van der Waals surface area contributed by atoms with E-state index in [1.165, 1.54) is 5.57 Å². The maximum absolute atomic E-state index is 3.99. The lowest BCUT2D eigenvalue weighted by Crippen LogP contribution is -1.67. The third-order valence-electron chi connectivity index (χ3n) is 0.954. The van der Waals surface area contributed by atoms with Crippen LogP contribution in [0.5, 0.6) is 0 Å². The summed E-state index contributed by atoms with van der Waals surface area (Å²) in [5, 5.41) is 0. The number of nitrogens with zero attached hydrogens (tertiary/aromatic N) is 1. The number of rotatable bonds is 0. The highest BCUT2D eigenvalue weighted by atomic mass is 79.9. The fourth-order valence-corrected chi connectivity index (χ4v) is 0.764. The van der Waals surface area contributed by atoms with Crippen molar-refractivity contribution in [2.24, 2.45) is 4.99 Å². The maximum atomic E-state index is 3.99. The lowest BCUT2D eigenvalue weighted by Gasteiger charge is -1.83. The van der Waals surface area contributed by atoms with Crippen molar-refractivity contribution in [2.75, 3.05) is 0 Å². The van der Waals surface area contributed by atoms with Gasteiger partial charge in [-0.1, -0.05) is 0 Å². The first-order valence-electron chi connectivity index (χ1n) is 2.18. The Morgan fingerprint density at radius 1 is 1.86 bits per heavy atom. The average molecular weight is 160 g/mol. The van der Waals surface area contributed by atoms with E-state index in [0.29, 0.717) is 0 Å². The molecule has 1 rings (SSSR count). The Morgan fingerprint density at radius 2 is 2.57 bits per heavy atom. The molecule has 0 aromatic heterocycles. The Hall–Kier alpha value is -0.110. The third-order valence-corrected chi connectivity index (χ3v) is 1.84. The highest BCUT2D eigenvalue weighted by Gasteiger charge is 1.99. The van der Waals surface area contributed by atoms with E-state index in [0.717, 1.165) is 11.0 Å². The molecular weight excluding hydrogens is 154 g/mol. The van der Waals surface area contributed by atoms with E-state index in [-0.39, 0.29) is 0 Å². The summed E-state index contributed by atoms with van der Waals surface area (Å²) in [5.41, 5.74) is 1.32. The van der Waals surface area contributed by atoms with Crippen LogP contribution in [0.3, 0.4) is 0 Å². The monoisotopic (exact) mass is 159 g/mol. The topological polar surface area (TPSA) is 12.4 Å². The smallest absolute Gasteiger partial charge is 0.104 e. The maximum Gasteiger partial charge on any atom is 0.104 e. The van der Waals surface area contributed by atoms with Gasteiger partial charge in [-0.15, -0.1) is 0 Å². The number of hydrogen-bond acceptors (Lipinski definition) is 1. The van der Waals surface area contributed by atoms with E-state index in [9.17, 15) is 0 Å². The second-order valence-electron chi connectivity index (χ2n) is 1.59. The van der Waals surface area contributed by atoms with Crippen LogP contribution in [0.15, 0.2) is 15.2 Å². The number of hydrogen-bond donors (Lipinski definition) is 0. The number of halogens is 1. The van der Waals surface area contributed by atoms with Crippen molar-refractivity contribution in [3.8, 4) is 0 Å². The fraction of sp³-hybridized carbons (Fsp3) is 0.400. The molecule has 0 unspecified atom stereocenters. The van der Waals surface area contributed by atoms with Gasteiger partial charge in [0.2, 0.25) is 0 Å². The molecule has 0 bridgehead atoms. The van der Waals surface area contributed by atoms with Crippen LogP contribution in [-0.4, -0.2) is 6.21 Å². The van der Waals surface area contributed by atoms with Crippen molar-refractivity contribution in [1.29, 1.82) is 0 Å². The summed E-state index contributed by atoms with van der Waals surface area (Å²) in [4.78, 5) is 3.99. The summed E-state index contributed by atoms with van der Waals surface area (Å²) < 4.78 is 1.01. The van der Waals surface area contributed by atoms with E-state index in [1.807, 2.05) is 6.21 Å². The SMILES string of the molecule is CC1=C(Br)N=CC1. The Balaban J connectivity index is 2.79. The predicted octanol–water partition coefficient (Wildman–Crippen LogP) is 2.09. The lowest BCUT2D eigenvalue weighted by atomic mass is 10.3. The van der Waals surface area contributed by atoms with Crippen molar-refractivity contribution in [2.45, 2.75) is 13.3 Å². The van der Waals surface area contributed by atoms with Gasteiger partial charge >= 0.3 is 0 Å². The second-order valence-corrected chi connectivity index (χ2v) is 2.34. The van der Waals surface area contributed by atoms with Crippen molar-refractivity contribution in [3.05, 3.63) is 10.2 Å². The second kappa shape index (κ2) is 1.78. The molecule has 0 N–H and O–H groups in total. The number of aliphatic imine (C=N–C) groups is 1.